The molecule has 0 bridgehead atoms. The van der Waals surface area contributed by atoms with Gasteiger partial charge in [0.05, 0.1) is 12.6 Å². The van der Waals surface area contributed by atoms with Crippen LogP contribution >= 0.6 is 27.5 Å². The highest BCUT2D eigenvalue weighted by Gasteiger charge is 2.13. The van der Waals surface area contributed by atoms with E-state index in [2.05, 4.69) is 21.4 Å². The number of nitrogens with one attached hydrogen (secondary N) is 1. The first-order chi connectivity index (χ1) is 7.19. The van der Waals surface area contributed by atoms with Crippen molar-refractivity contribution >= 4 is 27.5 Å². The molecule has 0 fully saturated rings. The first-order valence-electron chi connectivity index (χ1n) is 4.67. The molecule has 0 heterocycles. The number of benzene rings is 1. The van der Waals surface area contributed by atoms with Gasteiger partial charge >= 0.3 is 0 Å². The average Bonchev–Trinajstić information content (AvgIpc) is 2.21. The van der Waals surface area contributed by atoms with Gasteiger partial charge in [0, 0.05) is 16.1 Å². The van der Waals surface area contributed by atoms with Crippen LogP contribution in [0.15, 0.2) is 22.7 Å². The van der Waals surface area contributed by atoms with Crippen molar-refractivity contribution in [2.75, 3.05) is 13.2 Å². The molecule has 84 valence electrons. The minimum absolute atomic E-state index is 0.0782. The van der Waals surface area contributed by atoms with Crippen LogP contribution in [0.1, 0.15) is 18.5 Å². The summed E-state index contributed by atoms with van der Waals surface area (Å²) in [5, 5.41) is 0.673. The van der Waals surface area contributed by atoms with Crippen LogP contribution in [0.25, 0.3) is 0 Å². The first kappa shape index (κ1) is 12.9. The third-order valence-corrected chi connectivity index (χ3v) is 2.85. The zero-order chi connectivity index (χ0) is 11.3. The van der Waals surface area contributed by atoms with E-state index in [4.69, 9.17) is 22.2 Å². The van der Waals surface area contributed by atoms with Crippen molar-refractivity contribution in [1.29, 1.82) is 0 Å². The molecule has 0 aliphatic carbocycles. The Morgan fingerprint density at radius 1 is 1.60 bits per heavy atom. The molecular weight excluding hydrogens is 279 g/mol. The van der Waals surface area contributed by atoms with Crippen molar-refractivity contribution in [2.45, 2.75) is 13.0 Å². The van der Waals surface area contributed by atoms with Gasteiger partial charge in [0.15, 0.2) is 0 Å². The molecule has 1 rings (SSSR count). The van der Waals surface area contributed by atoms with Gasteiger partial charge < -0.3 is 4.74 Å². The second-order valence-electron chi connectivity index (χ2n) is 3.04. The van der Waals surface area contributed by atoms with Crippen LogP contribution in [0.3, 0.4) is 0 Å². The van der Waals surface area contributed by atoms with E-state index in [1.165, 1.54) is 0 Å². The lowest BCUT2D eigenvalue weighted by Crippen LogP contribution is -2.31. The highest BCUT2D eigenvalue weighted by molar-refractivity contribution is 9.10. The number of halogens is 2. The molecule has 1 atom stereocenters. The molecule has 1 aromatic rings. The minimum atomic E-state index is -0.0782. The third kappa shape index (κ3) is 3.74. The fraction of sp³-hybridized carbons (Fsp3) is 0.400. The van der Waals surface area contributed by atoms with E-state index in [1.54, 1.807) is 0 Å². The van der Waals surface area contributed by atoms with Crippen LogP contribution in [0.4, 0.5) is 0 Å². The van der Waals surface area contributed by atoms with Gasteiger partial charge in [-0.1, -0.05) is 33.6 Å². The predicted octanol–water partition coefficient (Wildman–Crippen LogP) is 2.64. The zero-order valence-corrected chi connectivity index (χ0v) is 10.8. The lowest BCUT2D eigenvalue weighted by atomic mass is 10.1. The third-order valence-electron chi connectivity index (χ3n) is 2.03. The highest BCUT2D eigenvalue weighted by atomic mass is 79.9. The fourth-order valence-corrected chi connectivity index (χ4v) is 2.05. The molecule has 0 spiro atoms. The Kier molecular flexibility index (Phi) is 5.56. The van der Waals surface area contributed by atoms with Gasteiger partial charge in [-0.15, -0.1) is 0 Å². The number of hydrogen-bond donors (Lipinski definition) is 2. The molecule has 0 amide bonds. The van der Waals surface area contributed by atoms with E-state index in [-0.39, 0.29) is 6.04 Å². The quantitative estimate of drug-likeness (QED) is 0.648. The molecule has 0 saturated carbocycles. The van der Waals surface area contributed by atoms with E-state index in [0.717, 1.165) is 10.0 Å². The summed E-state index contributed by atoms with van der Waals surface area (Å²) in [6.07, 6.45) is 0. The molecule has 1 unspecified atom stereocenters. The molecule has 15 heavy (non-hydrogen) atoms. The SMILES string of the molecule is CCOCC(NN)c1ccc(Br)cc1Cl. The maximum Gasteiger partial charge on any atom is 0.0708 e. The van der Waals surface area contributed by atoms with Gasteiger partial charge in [-0.25, -0.2) is 0 Å². The Morgan fingerprint density at radius 2 is 2.33 bits per heavy atom. The minimum Gasteiger partial charge on any atom is -0.380 e. The summed E-state index contributed by atoms with van der Waals surface area (Å²) < 4.78 is 6.26. The van der Waals surface area contributed by atoms with Crippen LogP contribution in [-0.2, 0) is 4.74 Å². The summed E-state index contributed by atoms with van der Waals surface area (Å²) in [4.78, 5) is 0. The van der Waals surface area contributed by atoms with Gasteiger partial charge in [0.2, 0.25) is 0 Å². The predicted molar refractivity (Wildman–Crippen MR) is 65.7 cm³/mol. The summed E-state index contributed by atoms with van der Waals surface area (Å²) in [7, 11) is 0. The van der Waals surface area contributed by atoms with E-state index in [9.17, 15) is 0 Å². The number of ether oxygens (including phenoxy) is 1. The number of hydrogen-bond acceptors (Lipinski definition) is 3. The Hall–Kier alpha value is -0.130. The second kappa shape index (κ2) is 6.45. The average molecular weight is 294 g/mol. The molecular formula is C10H14BrClN2O. The Labute approximate surface area is 103 Å². The van der Waals surface area contributed by atoms with Gasteiger partial charge in [-0.2, -0.15) is 0 Å². The molecule has 0 saturated heterocycles. The van der Waals surface area contributed by atoms with Crippen molar-refractivity contribution in [3.05, 3.63) is 33.3 Å². The van der Waals surface area contributed by atoms with Crippen molar-refractivity contribution in [3.63, 3.8) is 0 Å². The lowest BCUT2D eigenvalue weighted by molar-refractivity contribution is 0.123. The number of nitrogens with two attached hydrogens (primary N) is 1. The molecule has 3 N–H and O–H groups in total. The van der Waals surface area contributed by atoms with Crippen molar-refractivity contribution in [1.82, 2.24) is 5.43 Å². The standard InChI is InChI=1S/C10H14BrClN2O/c1-2-15-6-10(14-13)8-4-3-7(11)5-9(8)12/h3-5,10,14H,2,6,13H2,1H3. The van der Waals surface area contributed by atoms with E-state index < -0.39 is 0 Å². The first-order valence-corrected chi connectivity index (χ1v) is 5.85. The maximum atomic E-state index is 6.10. The van der Waals surface area contributed by atoms with Crippen LogP contribution in [0, 0.1) is 0 Å². The fourth-order valence-electron chi connectivity index (χ4n) is 1.25. The zero-order valence-electron chi connectivity index (χ0n) is 8.47. The molecule has 0 radical (unpaired) electrons. The topological polar surface area (TPSA) is 47.3 Å². The Bertz CT molecular complexity index is 322. The lowest BCUT2D eigenvalue weighted by Gasteiger charge is -2.17. The molecule has 0 aliphatic heterocycles. The van der Waals surface area contributed by atoms with Crippen LogP contribution in [-0.4, -0.2) is 13.2 Å². The summed E-state index contributed by atoms with van der Waals surface area (Å²) >= 11 is 9.45. The van der Waals surface area contributed by atoms with Crippen LogP contribution in [0.5, 0.6) is 0 Å². The van der Waals surface area contributed by atoms with E-state index in [0.29, 0.717) is 18.2 Å². The van der Waals surface area contributed by atoms with Gasteiger partial charge in [0.25, 0.3) is 0 Å². The van der Waals surface area contributed by atoms with E-state index in [1.807, 2.05) is 25.1 Å². The summed E-state index contributed by atoms with van der Waals surface area (Å²) in [6.45, 7) is 3.11. The maximum absolute atomic E-state index is 6.10. The summed E-state index contributed by atoms with van der Waals surface area (Å²) in [5.74, 6) is 5.45. The Balaban J connectivity index is 2.81. The summed E-state index contributed by atoms with van der Waals surface area (Å²) in [6, 6.07) is 5.62. The highest BCUT2D eigenvalue weighted by Crippen LogP contribution is 2.26. The number of hydrazine groups is 1. The van der Waals surface area contributed by atoms with Crippen molar-refractivity contribution < 1.29 is 4.74 Å². The van der Waals surface area contributed by atoms with Gasteiger partial charge in [-0.05, 0) is 24.6 Å². The normalized spacial score (nSPS) is 12.8. The van der Waals surface area contributed by atoms with Crippen LogP contribution < -0.4 is 11.3 Å². The monoisotopic (exact) mass is 292 g/mol. The Morgan fingerprint density at radius 3 is 2.87 bits per heavy atom. The molecule has 3 nitrogen and oxygen atoms in total. The van der Waals surface area contributed by atoms with Crippen molar-refractivity contribution in [2.24, 2.45) is 5.84 Å². The van der Waals surface area contributed by atoms with Crippen molar-refractivity contribution in [3.8, 4) is 0 Å². The second-order valence-corrected chi connectivity index (χ2v) is 4.37. The smallest absolute Gasteiger partial charge is 0.0708 e. The molecule has 1 aromatic carbocycles. The van der Waals surface area contributed by atoms with Gasteiger partial charge in [0.1, 0.15) is 0 Å². The molecule has 0 aromatic heterocycles. The molecule has 5 heteroatoms. The summed E-state index contributed by atoms with van der Waals surface area (Å²) in [5.41, 5.74) is 3.63. The largest absolute Gasteiger partial charge is 0.380 e. The van der Waals surface area contributed by atoms with Crippen LogP contribution in [0.2, 0.25) is 5.02 Å². The van der Waals surface area contributed by atoms with Gasteiger partial charge in [-0.3, -0.25) is 11.3 Å². The van der Waals surface area contributed by atoms with E-state index >= 15 is 0 Å². The molecule has 0 aliphatic rings. The number of rotatable bonds is 5.